The van der Waals surface area contributed by atoms with E-state index in [9.17, 15) is 9.59 Å². The van der Waals surface area contributed by atoms with Crippen molar-refractivity contribution in [2.45, 2.75) is 32.6 Å². The fraction of sp³-hybridized carbons (Fsp3) is 0.500. The van der Waals surface area contributed by atoms with E-state index in [4.69, 9.17) is 11.6 Å². The highest BCUT2D eigenvalue weighted by molar-refractivity contribution is 6.29. The first-order valence-electron chi connectivity index (χ1n) is 6.58. The smallest absolute Gasteiger partial charge is 0.305 e. The van der Waals surface area contributed by atoms with Crippen molar-refractivity contribution in [1.82, 2.24) is 10.3 Å². The molecule has 0 atom stereocenters. The molecular formula is C14H19ClN2O3. The summed E-state index contributed by atoms with van der Waals surface area (Å²) in [5.41, 5.74) is 1.30. The summed E-state index contributed by atoms with van der Waals surface area (Å²) in [6.45, 7) is 2.45. The lowest BCUT2D eigenvalue weighted by Crippen LogP contribution is -2.25. The summed E-state index contributed by atoms with van der Waals surface area (Å²) in [5, 5.41) is 3.06. The Bertz CT molecular complexity index is 477. The van der Waals surface area contributed by atoms with Gasteiger partial charge >= 0.3 is 5.97 Å². The summed E-state index contributed by atoms with van der Waals surface area (Å²) in [6.07, 6.45) is 2.55. The Morgan fingerprint density at radius 3 is 2.80 bits per heavy atom. The first kappa shape index (κ1) is 16.4. The lowest BCUT2D eigenvalue weighted by Gasteiger charge is -2.07. The number of pyridine rings is 1. The Kier molecular flexibility index (Phi) is 7.01. The number of methoxy groups -OCH3 is 1. The Hall–Kier alpha value is -1.62. The molecule has 1 N–H and O–H groups in total. The van der Waals surface area contributed by atoms with E-state index in [2.05, 4.69) is 15.0 Å². The van der Waals surface area contributed by atoms with Gasteiger partial charge in [0.15, 0.2) is 0 Å². The Morgan fingerprint density at radius 1 is 1.40 bits per heavy atom. The van der Waals surface area contributed by atoms with Crippen molar-refractivity contribution in [1.29, 1.82) is 0 Å². The van der Waals surface area contributed by atoms with E-state index in [1.165, 1.54) is 13.2 Å². The van der Waals surface area contributed by atoms with Crippen LogP contribution in [-0.4, -0.2) is 30.5 Å². The first-order chi connectivity index (χ1) is 9.56. The summed E-state index contributed by atoms with van der Waals surface area (Å²) in [6, 6.07) is 3.28. The van der Waals surface area contributed by atoms with Gasteiger partial charge in [-0.1, -0.05) is 24.9 Å². The van der Waals surface area contributed by atoms with Crippen LogP contribution in [-0.2, 0) is 16.0 Å². The van der Waals surface area contributed by atoms with Crippen molar-refractivity contribution in [2.24, 2.45) is 0 Å². The second-order valence-corrected chi connectivity index (χ2v) is 4.74. The van der Waals surface area contributed by atoms with Crippen LogP contribution in [0.3, 0.4) is 0 Å². The van der Waals surface area contributed by atoms with Crippen LogP contribution in [0.4, 0.5) is 0 Å². The standard InChI is InChI=1S/C14H19ClN2O3/c1-3-5-11-8-10(9-12(15)17-11)14(19)16-7-4-6-13(18)20-2/h8-9H,3-7H2,1-2H3,(H,16,19). The molecule has 1 heterocycles. The third kappa shape index (κ3) is 5.57. The topological polar surface area (TPSA) is 68.3 Å². The minimum Gasteiger partial charge on any atom is -0.469 e. The second kappa shape index (κ2) is 8.53. The van der Waals surface area contributed by atoms with Gasteiger partial charge in [-0.25, -0.2) is 4.98 Å². The molecule has 6 heteroatoms. The van der Waals surface area contributed by atoms with E-state index in [1.807, 2.05) is 6.92 Å². The van der Waals surface area contributed by atoms with Crippen molar-refractivity contribution in [3.63, 3.8) is 0 Å². The van der Waals surface area contributed by atoms with Crippen LogP contribution in [0.25, 0.3) is 0 Å². The van der Waals surface area contributed by atoms with Crippen molar-refractivity contribution < 1.29 is 14.3 Å². The number of halogens is 1. The number of aryl methyl sites for hydroxylation is 1. The van der Waals surface area contributed by atoms with Gasteiger partial charge in [-0.05, 0) is 25.0 Å². The van der Waals surface area contributed by atoms with E-state index in [0.717, 1.165) is 18.5 Å². The third-order valence-electron chi connectivity index (χ3n) is 2.69. The molecule has 0 unspecified atom stereocenters. The van der Waals surface area contributed by atoms with E-state index < -0.39 is 0 Å². The van der Waals surface area contributed by atoms with E-state index in [-0.39, 0.29) is 18.3 Å². The predicted octanol–water partition coefficient (Wildman–Crippen LogP) is 2.37. The van der Waals surface area contributed by atoms with Gasteiger partial charge in [0.1, 0.15) is 5.15 Å². The number of carbonyl (C=O) groups excluding carboxylic acids is 2. The molecule has 0 spiro atoms. The number of aromatic nitrogens is 1. The summed E-state index contributed by atoms with van der Waals surface area (Å²) < 4.78 is 4.52. The molecule has 5 nitrogen and oxygen atoms in total. The molecule has 0 bridgehead atoms. The lowest BCUT2D eigenvalue weighted by molar-refractivity contribution is -0.140. The van der Waals surface area contributed by atoms with E-state index >= 15 is 0 Å². The quantitative estimate of drug-likeness (QED) is 0.477. The minimum atomic E-state index is -0.281. The van der Waals surface area contributed by atoms with Gasteiger partial charge in [0, 0.05) is 24.2 Å². The number of esters is 1. The highest BCUT2D eigenvalue weighted by Gasteiger charge is 2.09. The maximum Gasteiger partial charge on any atom is 0.305 e. The van der Waals surface area contributed by atoms with Crippen LogP contribution >= 0.6 is 11.6 Å². The maximum absolute atomic E-state index is 12.0. The van der Waals surface area contributed by atoms with E-state index in [1.54, 1.807) is 6.07 Å². The highest BCUT2D eigenvalue weighted by Crippen LogP contribution is 2.12. The molecule has 0 aromatic carbocycles. The number of hydrogen-bond acceptors (Lipinski definition) is 4. The molecule has 0 aliphatic heterocycles. The zero-order valence-corrected chi connectivity index (χ0v) is 12.5. The lowest BCUT2D eigenvalue weighted by atomic mass is 10.1. The third-order valence-corrected chi connectivity index (χ3v) is 2.88. The van der Waals surface area contributed by atoms with Gasteiger partial charge in [-0.15, -0.1) is 0 Å². The summed E-state index contributed by atoms with van der Waals surface area (Å²) in [7, 11) is 1.34. The summed E-state index contributed by atoms with van der Waals surface area (Å²) in [5.74, 6) is -0.493. The number of nitrogens with one attached hydrogen (secondary N) is 1. The van der Waals surface area contributed by atoms with Gasteiger partial charge in [0.25, 0.3) is 5.91 Å². The molecule has 20 heavy (non-hydrogen) atoms. The number of amides is 1. The normalized spacial score (nSPS) is 10.2. The van der Waals surface area contributed by atoms with Crippen LogP contribution in [0.2, 0.25) is 5.15 Å². The van der Waals surface area contributed by atoms with Gasteiger partial charge in [-0.2, -0.15) is 0 Å². The zero-order chi connectivity index (χ0) is 15.0. The van der Waals surface area contributed by atoms with Crippen LogP contribution in [0.1, 0.15) is 42.2 Å². The maximum atomic E-state index is 12.0. The molecule has 0 aliphatic carbocycles. The van der Waals surface area contributed by atoms with Crippen molar-refractivity contribution in [3.8, 4) is 0 Å². The molecule has 0 radical (unpaired) electrons. The molecule has 110 valence electrons. The predicted molar refractivity (Wildman–Crippen MR) is 76.8 cm³/mol. The zero-order valence-electron chi connectivity index (χ0n) is 11.7. The molecule has 1 rings (SSSR count). The van der Waals surface area contributed by atoms with Crippen molar-refractivity contribution in [2.75, 3.05) is 13.7 Å². The van der Waals surface area contributed by atoms with E-state index in [0.29, 0.717) is 23.7 Å². The molecule has 1 aromatic heterocycles. The van der Waals surface area contributed by atoms with Crippen molar-refractivity contribution in [3.05, 3.63) is 28.5 Å². The first-order valence-corrected chi connectivity index (χ1v) is 6.96. The highest BCUT2D eigenvalue weighted by atomic mass is 35.5. The molecule has 1 aromatic rings. The Morgan fingerprint density at radius 2 is 2.15 bits per heavy atom. The van der Waals surface area contributed by atoms with Crippen LogP contribution in [0.5, 0.6) is 0 Å². The average Bonchev–Trinajstić information content (AvgIpc) is 2.42. The number of nitrogens with zero attached hydrogens (tertiary/aromatic N) is 1. The van der Waals surface area contributed by atoms with Gasteiger partial charge < -0.3 is 10.1 Å². The number of carbonyl (C=O) groups is 2. The molecule has 0 aliphatic rings. The van der Waals surface area contributed by atoms with Crippen LogP contribution in [0.15, 0.2) is 12.1 Å². The molecule has 0 fully saturated rings. The number of rotatable bonds is 7. The van der Waals surface area contributed by atoms with Gasteiger partial charge in [-0.3, -0.25) is 9.59 Å². The fourth-order valence-electron chi connectivity index (χ4n) is 1.71. The molecule has 0 saturated carbocycles. The molecular weight excluding hydrogens is 280 g/mol. The average molecular weight is 299 g/mol. The second-order valence-electron chi connectivity index (χ2n) is 4.36. The van der Waals surface area contributed by atoms with Crippen LogP contribution in [0, 0.1) is 0 Å². The minimum absolute atomic E-state index is 0.212. The SMILES string of the molecule is CCCc1cc(C(=O)NCCCC(=O)OC)cc(Cl)n1. The monoisotopic (exact) mass is 298 g/mol. The Balaban J connectivity index is 2.52. The van der Waals surface area contributed by atoms with Gasteiger partial charge in [0.2, 0.25) is 0 Å². The summed E-state index contributed by atoms with van der Waals surface area (Å²) in [4.78, 5) is 27.0. The Labute approximate surface area is 123 Å². The number of ether oxygens (including phenoxy) is 1. The number of hydrogen-bond donors (Lipinski definition) is 1. The largest absolute Gasteiger partial charge is 0.469 e. The van der Waals surface area contributed by atoms with Crippen molar-refractivity contribution >= 4 is 23.5 Å². The summed E-state index contributed by atoms with van der Waals surface area (Å²) >= 11 is 5.90. The fourth-order valence-corrected chi connectivity index (χ4v) is 1.93. The molecule has 1 amide bonds. The molecule has 0 saturated heterocycles. The van der Waals surface area contributed by atoms with Crippen LogP contribution < -0.4 is 5.32 Å². The van der Waals surface area contributed by atoms with Gasteiger partial charge in [0.05, 0.1) is 7.11 Å².